The third-order valence-electron chi connectivity index (χ3n) is 4.09. The summed E-state index contributed by atoms with van der Waals surface area (Å²) in [6.45, 7) is 2.58. The molecule has 0 bridgehead atoms. The normalized spacial score (nSPS) is 15.6. The summed E-state index contributed by atoms with van der Waals surface area (Å²) in [4.78, 5) is 19.8. The summed E-state index contributed by atoms with van der Waals surface area (Å²) in [6.07, 6.45) is 6.92. The molecular weight excluding hydrogens is 264 g/mol. The number of nitrogens with zero attached hydrogens (tertiary/aromatic N) is 3. The molecule has 0 saturated carbocycles. The van der Waals surface area contributed by atoms with Crippen molar-refractivity contribution in [3.63, 3.8) is 0 Å². The van der Waals surface area contributed by atoms with Crippen molar-refractivity contribution >= 4 is 11.5 Å². The van der Waals surface area contributed by atoms with Gasteiger partial charge < -0.3 is 10.6 Å². The summed E-state index contributed by atoms with van der Waals surface area (Å²) >= 11 is 0. The molecule has 21 heavy (non-hydrogen) atoms. The van der Waals surface area contributed by atoms with E-state index >= 15 is 0 Å². The SMILES string of the molecule is NCCCc1c(N2CCCCC2)nc2ccccn2c1=O. The molecule has 3 heterocycles. The van der Waals surface area contributed by atoms with E-state index in [2.05, 4.69) is 4.90 Å². The summed E-state index contributed by atoms with van der Waals surface area (Å²) in [6, 6.07) is 5.67. The third kappa shape index (κ3) is 2.78. The van der Waals surface area contributed by atoms with Gasteiger partial charge in [0.1, 0.15) is 11.5 Å². The molecule has 1 fully saturated rings. The molecule has 0 aliphatic carbocycles. The van der Waals surface area contributed by atoms with Gasteiger partial charge in [0.25, 0.3) is 5.56 Å². The molecule has 2 aromatic rings. The Morgan fingerprint density at radius 2 is 2.00 bits per heavy atom. The van der Waals surface area contributed by atoms with Crippen LogP contribution in [-0.2, 0) is 6.42 Å². The van der Waals surface area contributed by atoms with E-state index in [1.54, 1.807) is 10.6 Å². The fraction of sp³-hybridized carbons (Fsp3) is 0.500. The molecule has 2 aromatic heterocycles. The molecule has 0 unspecified atom stereocenters. The van der Waals surface area contributed by atoms with Crippen LogP contribution in [0.2, 0.25) is 0 Å². The molecule has 0 spiro atoms. The summed E-state index contributed by atoms with van der Waals surface area (Å²) in [5.41, 5.74) is 7.21. The van der Waals surface area contributed by atoms with E-state index in [4.69, 9.17) is 10.7 Å². The molecular formula is C16H22N4O. The molecule has 3 rings (SSSR count). The zero-order valence-electron chi connectivity index (χ0n) is 12.3. The monoisotopic (exact) mass is 286 g/mol. The van der Waals surface area contributed by atoms with Gasteiger partial charge in [-0.15, -0.1) is 0 Å². The van der Waals surface area contributed by atoms with Crippen molar-refractivity contribution in [2.75, 3.05) is 24.5 Å². The Morgan fingerprint density at radius 1 is 1.19 bits per heavy atom. The fourth-order valence-electron chi connectivity index (χ4n) is 2.98. The minimum absolute atomic E-state index is 0.0506. The first kappa shape index (κ1) is 14.1. The van der Waals surface area contributed by atoms with Crippen molar-refractivity contribution in [3.05, 3.63) is 40.3 Å². The van der Waals surface area contributed by atoms with E-state index in [1.807, 2.05) is 18.2 Å². The van der Waals surface area contributed by atoms with E-state index in [1.165, 1.54) is 19.3 Å². The van der Waals surface area contributed by atoms with Crippen LogP contribution < -0.4 is 16.2 Å². The molecule has 0 radical (unpaired) electrons. The summed E-state index contributed by atoms with van der Waals surface area (Å²) < 4.78 is 1.64. The van der Waals surface area contributed by atoms with E-state index in [0.29, 0.717) is 13.0 Å². The van der Waals surface area contributed by atoms with Crippen molar-refractivity contribution < 1.29 is 0 Å². The molecule has 5 heteroatoms. The van der Waals surface area contributed by atoms with E-state index in [-0.39, 0.29) is 5.56 Å². The minimum Gasteiger partial charge on any atom is -0.356 e. The number of anilines is 1. The lowest BCUT2D eigenvalue weighted by atomic mass is 10.1. The van der Waals surface area contributed by atoms with Gasteiger partial charge in [-0.3, -0.25) is 9.20 Å². The zero-order chi connectivity index (χ0) is 14.7. The first-order valence-corrected chi connectivity index (χ1v) is 7.76. The van der Waals surface area contributed by atoms with E-state index in [9.17, 15) is 4.79 Å². The Labute approximate surface area is 124 Å². The predicted molar refractivity (Wildman–Crippen MR) is 84.9 cm³/mol. The number of fused-ring (bicyclic) bond motifs is 1. The predicted octanol–water partition coefficient (Wildman–Crippen LogP) is 1.58. The highest BCUT2D eigenvalue weighted by atomic mass is 16.1. The van der Waals surface area contributed by atoms with Crippen LogP contribution in [0.4, 0.5) is 5.82 Å². The summed E-state index contributed by atoms with van der Waals surface area (Å²) in [7, 11) is 0. The van der Waals surface area contributed by atoms with Crippen molar-refractivity contribution in [2.24, 2.45) is 5.73 Å². The Hall–Kier alpha value is -1.88. The lowest BCUT2D eigenvalue weighted by molar-refractivity contribution is 0.570. The fourth-order valence-corrected chi connectivity index (χ4v) is 2.98. The number of aromatic nitrogens is 2. The maximum atomic E-state index is 12.8. The highest BCUT2D eigenvalue weighted by Crippen LogP contribution is 2.21. The lowest BCUT2D eigenvalue weighted by Gasteiger charge is -2.29. The Balaban J connectivity index is 2.12. The van der Waals surface area contributed by atoms with Crippen LogP contribution in [0.5, 0.6) is 0 Å². The van der Waals surface area contributed by atoms with Crippen molar-refractivity contribution in [1.82, 2.24) is 9.38 Å². The van der Waals surface area contributed by atoms with Gasteiger partial charge in [0.2, 0.25) is 0 Å². The van der Waals surface area contributed by atoms with Gasteiger partial charge in [-0.2, -0.15) is 0 Å². The van der Waals surface area contributed by atoms with Gasteiger partial charge in [0.15, 0.2) is 0 Å². The summed E-state index contributed by atoms with van der Waals surface area (Å²) in [5.74, 6) is 0.874. The smallest absolute Gasteiger partial charge is 0.263 e. The van der Waals surface area contributed by atoms with Gasteiger partial charge in [0.05, 0.1) is 5.56 Å². The zero-order valence-corrected chi connectivity index (χ0v) is 12.3. The quantitative estimate of drug-likeness (QED) is 0.927. The van der Waals surface area contributed by atoms with Gasteiger partial charge in [-0.1, -0.05) is 6.07 Å². The molecule has 0 atom stereocenters. The Bertz CT molecular complexity index is 674. The van der Waals surface area contributed by atoms with Gasteiger partial charge in [-0.05, 0) is 50.8 Å². The van der Waals surface area contributed by atoms with Crippen LogP contribution in [0.15, 0.2) is 29.2 Å². The average molecular weight is 286 g/mol. The number of nitrogens with two attached hydrogens (primary N) is 1. The number of hydrogen-bond acceptors (Lipinski definition) is 4. The summed E-state index contributed by atoms with van der Waals surface area (Å²) in [5, 5.41) is 0. The second-order valence-electron chi connectivity index (χ2n) is 5.59. The van der Waals surface area contributed by atoms with Gasteiger partial charge >= 0.3 is 0 Å². The maximum Gasteiger partial charge on any atom is 0.263 e. The first-order valence-electron chi connectivity index (χ1n) is 7.76. The molecule has 0 aromatic carbocycles. The number of rotatable bonds is 4. The van der Waals surface area contributed by atoms with Crippen molar-refractivity contribution in [2.45, 2.75) is 32.1 Å². The van der Waals surface area contributed by atoms with Crippen molar-refractivity contribution in [3.8, 4) is 0 Å². The molecule has 5 nitrogen and oxygen atoms in total. The van der Waals surface area contributed by atoms with E-state index in [0.717, 1.165) is 36.5 Å². The van der Waals surface area contributed by atoms with Crippen LogP contribution in [-0.4, -0.2) is 29.0 Å². The van der Waals surface area contributed by atoms with Crippen LogP contribution in [0.25, 0.3) is 5.65 Å². The Morgan fingerprint density at radius 3 is 2.76 bits per heavy atom. The number of pyridine rings is 1. The standard InChI is InChI=1S/C16H22N4O/c17-9-6-7-13-15(19-10-3-1-4-11-19)18-14-8-2-5-12-20(14)16(13)21/h2,5,8,12H,1,3-4,6-7,9-11,17H2. The molecule has 0 amide bonds. The largest absolute Gasteiger partial charge is 0.356 e. The van der Waals surface area contributed by atoms with Crippen LogP contribution in [0.1, 0.15) is 31.2 Å². The number of piperidine rings is 1. The maximum absolute atomic E-state index is 12.8. The highest BCUT2D eigenvalue weighted by molar-refractivity contribution is 5.53. The van der Waals surface area contributed by atoms with Gasteiger partial charge in [0, 0.05) is 19.3 Å². The molecule has 2 N–H and O–H groups in total. The Kier molecular flexibility index (Phi) is 4.20. The molecule has 1 aliphatic rings. The second-order valence-corrected chi connectivity index (χ2v) is 5.59. The lowest BCUT2D eigenvalue weighted by Crippen LogP contribution is -2.34. The van der Waals surface area contributed by atoms with Crippen molar-refractivity contribution in [1.29, 1.82) is 0 Å². The molecule has 1 saturated heterocycles. The molecule has 1 aliphatic heterocycles. The first-order chi connectivity index (χ1) is 10.3. The minimum atomic E-state index is 0.0506. The van der Waals surface area contributed by atoms with E-state index < -0.39 is 0 Å². The highest BCUT2D eigenvalue weighted by Gasteiger charge is 2.19. The van der Waals surface area contributed by atoms with Crippen LogP contribution >= 0.6 is 0 Å². The van der Waals surface area contributed by atoms with Crippen LogP contribution in [0.3, 0.4) is 0 Å². The van der Waals surface area contributed by atoms with Gasteiger partial charge in [-0.25, -0.2) is 4.98 Å². The third-order valence-corrected chi connectivity index (χ3v) is 4.09. The topological polar surface area (TPSA) is 63.6 Å². The second kappa shape index (κ2) is 6.26. The van der Waals surface area contributed by atoms with Crippen LogP contribution in [0, 0.1) is 0 Å². The average Bonchev–Trinajstić information content (AvgIpc) is 2.55. The number of hydrogen-bond donors (Lipinski definition) is 1. The molecule has 112 valence electrons.